The lowest BCUT2D eigenvalue weighted by Gasteiger charge is -2.02. The quantitative estimate of drug-likeness (QED) is 0.832. The molecule has 2 aromatic heterocycles. The summed E-state index contributed by atoms with van der Waals surface area (Å²) in [5.41, 5.74) is 0.115. The summed E-state index contributed by atoms with van der Waals surface area (Å²) < 4.78 is 6.34. The molecule has 6 nitrogen and oxygen atoms in total. The van der Waals surface area contributed by atoms with Gasteiger partial charge in [0.1, 0.15) is 0 Å². The van der Waals surface area contributed by atoms with Crippen molar-refractivity contribution in [3.8, 4) is 11.7 Å². The van der Waals surface area contributed by atoms with Crippen LogP contribution in [0.5, 0.6) is 5.88 Å². The Bertz CT molecular complexity index is 522. The second-order valence-corrected chi connectivity index (χ2v) is 3.02. The summed E-state index contributed by atoms with van der Waals surface area (Å²) in [5.74, 6) is -0.0640. The van der Waals surface area contributed by atoms with Gasteiger partial charge >= 0.3 is 5.97 Å². The smallest absolute Gasteiger partial charge is 0.338 e. The zero-order valence-electron chi connectivity index (χ0n) is 8.49. The number of carboxylic acids is 1. The normalized spacial score (nSPS) is 10.1. The topological polar surface area (TPSA) is 77.2 Å². The minimum Gasteiger partial charge on any atom is -0.481 e. The molecule has 0 aliphatic heterocycles. The molecule has 0 spiro atoms. The van der Waals surface area contributed by atoms with Crippen LogP contribution in [0.1, 0.15) is 10.4 Å². The molecule has 1 N–H and O–H groups in total. The van der Waals surface area contributed by atoms with Gasteiger partial charge in [-0.2, -0.15) is 10.1 Å². The van der Waals surface area contributed by atoms with Gasteiger partial charge in [0, 0.05) is 12.3 Å². The first-order valence-corrected chi connectivity index (χ1v) is 4.50. The number of nitrogens with zero attached hydrogens (tertiary/aromatic N) is 3. The van der Waals surface area contributed by atoms with E-state index >= 15 is 0 Å². The first-order chi connectivity index (χ1) is 7.70. The molecule has 0 unspecified atom stereocenters. The van der Waals surface area contributed by atoms with E-state index in [1.165, 1.54) is 24.2 Å². The van der Waals surface area contributed by atoms with Crippen LogP contribution in [0.2, 0.25) is 0 Å². The van der Waals surface area contributed by atoms with Crippen LogP contribution >= 0.6 is 0 Å². The van der Waals surface area contributed by atoms with Crippen molar-refractivity contribution in [1.82, 2.24) is 14.8 Å². The van der Waals surface area contributed by atoms with E-state index in [1.54, 1.807) is 18.2 Å². The lowest BCUT2D eigenvalue weighted by Crippen LogP contribution is -1.99. The van der Waals surface area contributed by atoms with Gasteiger partial charge in [0.25, 0.3) is 0 Å². The Morgan fingerprint density at radius 2 is 2.31 bits per heavy atom. The van der Waals surface area contributed by atoms with Gasteiger partial charge in [-0.3, -0.25) is 0 Å². The third-order valence-corrected chi connectivity index (χ3v) is 1.98. The predicted molar refractivity (Wildman–Crippen MR) is 54.9 cm³/mol. The van der Waals surface area contributed by atoms with Crippen LogP contribution in [-0.4, -0.2) is 33.0 Å². The van der Waals surface area contributed by atoms with E-state index in [0.717, 1.165) is 0 Å². The van der Waals surface area contributed by atoms with Crippen molar-refractivity contribution in [2.45, 2.75) is 0 Å². The molecule has 2 rings (SSSR count). The minimum absolute atomic E-state index is 0.115. The first kappa shape index (κ1) is 10.2. The Kier molecular flexibility index (Phi) is 2.55. The molecule has 2 heterocycles. The van der Waals surface area contributed by atoms with E-state index in [0.29, 0.717) is 11.7 Å². The van der Waals surface area contributed by atoms with Crippen LogP contribution in [0.25, 0.3) is 5.82 Å². The van der Waals surface area contributed by atoms with E-state index in [2.05, 4.69) is 10.1 Å². The van der Waals surface area contributed by atoms with Crippen molar-refractivity contribution >= 4 is 5.97 Å². The molecular weight excluding hydrogens is 210 g/mol. The van der Waals surface area contributed by atoms with E-state index in [9.17, 15) is 4.79 Å². The standard InChI is InChI=1S/C10H9N3O3/c1-16-9-4-2-3-8(12-9)13-6-7(5-11-13)10(14)15/h2-6H,1H3,(H,14,15). The average molecular weight is 219 g/mol. The minimum atomic E-state index is -1.02. The van der Waals surface area contributed by atoms with Crippen LogP contribution in [0, 0.1) is 0 Å². The number of methoxy groups -OCH3 is 1. The second kappa shape index (κ2) is 4.01. The fraction of sp³-hybridized carbons (Fsp3) is 0.100. The summed E-state index contributed by atoms with van der Waals surface area (Å²) in [6.07, 6.45) is 2.66. The fourth-order valence-electron chi connectivity index (χ4n) is 1.20. The molecule has 82 valence electrons. The molecular formula is C10H9N3O3. The highest BCUT2D eigenvalue weighted by atomic mass is 16.5. The Hall–Kier alpha value is -2.37. The number of carboxylic acid groups (broad SMARTS) is 1. The monoisotopic (exact) mass is 219 g/mol. The van der Waals surface area contributed by atoms with Crippen molar-refractivity contribution in [3.63, 3.8) is 0 Å². The van der Waals surface area contributed by atoms with Crippen LogP contribution in [-0.2, 0) is 0 Å². The van der Waals surface area contributed by atoms with E-state index in [1.807, 2.05) is 0 Å². The summed E-state index contributed by atoms with van der Waals surface area (Å²) in [5, 5.41) is 12.6. The Morgan fingerprint density at radius 3 is 2.94 bits per heavy atom. The van der Waals surface area contributed by atoms with Crippen LogP contribution < -0.4 is 4.74 Å². The number of hydrogen-bond donors (Lipinski definition) is 1. The molecule has 0 amide bonds. The van der Waals surface area contributed by atoms with Gasteiger partial charge in [0.15, 0.2) is 5.82 Å². The predicted octanol–water partition coefficient (Wildman–Crippen LogP) is 0.974. The number of carbonyl (C=O) groups is 1. The average Bonchev–Trinajstić information content (AvgIpc) is 2.78. The van der Waals surface area contributed by atoms with E-state index in [-0.39, 0.29) is 5.56 Å². The molecule has 0 fully saturated rings. The fourth-order valence-corrected chi connectivity index (χ4v) is 1.20. The third kappa shape index (κ3) is 1.85. The van der Waals surface area contributed by atoms with E-state index < -0.39 is 5.97 Å². The highest BCUT2D eigenvalue weighted by molar-refractivity contribution is 5.86. The number of hydrogen-bond acceptors (Lipinski definition) is 4. The molecule has 2 aromatic rings. The lowest BCUT2D eigenvalue weighted by atomic mass is 10.4. The summed E-state index contributed by atoms with van der Waals surface area (Å²) in [4.78, 5) is 14.8. The molecule has 0 bridgehead atoms. The van der Waals surface area contributed by atoms with Crippen LogP contribution in [0.3, 0.4) is 0 Å². The van der Waals surface area contributed by atoms with Crippen molar-refractivity contribution in [2.75, 3.05) is 7.11 Å². The molecule has 0 saturated carbocycles. The number of aromatic carboxylic acids is 1. The lowest BCUT2D eigenvalue weighted by molar-refractivity contribution is 0.0697. The second-order valence-electron chi connectivity index (χ2n) is 3.02. The Morgan fingerprint density at radius 1 is 1.50 bits per heavy atom. The maximum Gasteiger partial charge on any atom is 0.338 e. The molecule has 0 atom stereocenters. The summed E-state index contributed by atoms with van der Waals surface area (Å²) in [6, 6.07) is 5.16. The summed E-state index contributed by atoms with van der Waals surface area (Å²) in [7, 11) is 1.51. The van der Waals surface area contributed by atoms with E-state index in [4.69, 9.17) is 9.84 Å². The molecule has 16 heavy (non-hydrogen) atoms. The van der Waals surface area contributed by atoms with Gasteiger partial charge in [-0.25, -0.2) is 9.48 Å². The number of rotatable bonds is 3. The van der Waals surface area contributed by atoms with Crippen LogP contribution in [0.15, 0.2) is 30.6 Å². The largest absolute Gasteiger partial charge is 0.481 e. The van der Waals surface area contributed by atoms with Crippen LogP contribution in [0.4, 0.5) is 0 Å². The van der Waals surface area contributed by atoms with Gasteiger partial charge in [0.2, 0.25) is 5.88 Å². The van der Waals surface area contributed by atoms with Crippen molar-refractivity contribution in [2.24, 2.45) is 0 Å². The highest BCUT2D eigenvalue weighted by Crippen LogP contribution is 2.10. The van der Waals surface area contributed by atoms with Crippen molar-refractivity contribution in [1.29, 1.82) is 0 Å². The van der Waals surface area contributed by atoms with Gasteiger partial charge in [-0.15, -0.1) is 0 Å². The SMILES string of the molecule is COc1cccc(-n2cc(C(=O)O)cn2)n1. The maximum absolute atomic E-state index is 10.7. The summed E-state index contributed by atoms with van der Waals surface area (Å²) in [6.45, 7) is 0. The molecule has 0 aliphatic carbocycles. The van der Waals surface area contributed by atoms with Gasteiger partial charge in [0.05, 0.1) is 18.9 Å². The third-order valence-electron chi connectivity index (χ3n) is 1.98. The molecule has 0 aromatic carbocycles. The highest BCUT2D eigenvalue weighted by Gasteiger charge is 2.08. The Labute approximate surface area is 91.1 Å². The molecule has 0 radical (unpaired) electrons. The zero-order valence-corrected chi connectivity index (χ0v) is 8.49. The molecule has 0 aliphatic rings. The number of ether oxygens (including phenoxy) is 1. The Balaban J connectivity index is 2.38. The summed E-state index contributed by atoms with van der Waals surface area (Å²) >= 11 is 0. The zero-order chi connectivity index (χ0) is 11.5. The van der Waals surface area contributed by atoms with Gasteiger partial charge in [-0.05, 0) is 6.07 Å². The molecule has 0 saturated heterocycles. The van der Waals surface area contributed by atoms with Gasteiger partial charge < -0.3 is 9.84 Å². The maximum atomic E-state index is 10.7. The van der Waals surface area contributed by atoms with Gasteiger partial charge in [-0.1, -0.05) is 6.07 Å². The number of pyridine rings is 1. The van der Waals surface area contributed by atoms with Crippen molar-refractivity contribution in [3.05, 3.63) is 36.2 Å². The first-order valence-electron chi connectivity index (χ1n) is 4.50. The number of aromatic nitrogens is 3. The van der Waals surface area contributed by atoms with Crippen molar-refractivity contribution < 1.29 is 14.6 Å². The molecule has 6 heteroatoms.